The Balaban J connectivity index is 2.03. The molecule has 1 fully saturated rings. The van der Waals surface area contributed by atoms with Crippen LogP contribution in [0.5, 0.6) is 0 Å². The monoisotopic (exact) mass is 182 g/mol. The summed E-state index contributed by atoms with van der Waals surface area (Å²) in [6.45, 7) is 4.14. The van der Waals surface area contributed by atoms with Gasteiger partial charge in [0, 0.05) is 33.2 Å². The largest absolute Gasteiger partial charge is 0.340 e. The maximum Gasteiger partial charge on any atom is 0.250 e. The van der Waals surface area contributed by atoms with Crippen molar-refractivity contribution in [1.82, 2.24) is 15.1 Å². The van der Waals surface area contributed by atoms with Crippen molar-refractivity contribution < 1.29 is 4.79 Å². The number of rotatable bonds is 0. The number of nitrogens with zero attached hydrogens (tertiary/aromatic N) is 3. The van der Waals surface area contributed by atoms with Crippen LogP contribution in [-0.4, -0.2) is 61.4 Å². The Bertz CT molecular complexity index is 245. The molecule has 5 heteroatoms. The van der Waals surface area contributed by atoms with Crippen LogP contribution in [0.15, 0.2) is 4.99 Å². The quantitative estimate of drug-likeness (QED) is 0.507. The molecule has 0 aromatic rings. The van der Waals surface area contributed by atoms with Gasteiger partial charge in [-0.2, -0.15) is 0 Å². The molecule has 0 aromatic carbocycles. The van der Waals surface area contributed by atoms with E-state index in [9.17, 15) is 4.79 Å². The average molecular weight is 182 g/mol. The number of nitrogens with one attached hydrogen (secondary N) is 1. The second-order valence-electron chi connectivity index (χ2n) is 3.31. The van der Waals surface area contributed by atoms with Crippen LogP contribution in [0.3, 0.4) is 0 Å². The van der Waals surface area contributed by atoms with Crippen LogP contribution in [0.2, 0.25) is 0 Å². The number of guanidine groups is 1. The minimum Gasteiger partial charge on any atom is -0.340 e. The number of likely N-dealkylation sites (N-methyl/N-ethyl adjacent to an activating group) is 1. The minimum atomic E-state index is 0.0912. The number of hydrogen-bond donors (Lipinski definition) is 1. The zero-order chi connectivity index (χ0) is 9.26. The third kappa shape index (κ3) is 1.51. The summed E-state index contributed by atoms with van der Waals surface area (Å²) in [5.74, 6) is 0.931. The lowest BCUT2D eigenvalue weighted by Gasteiger charge is -2.31. The number of carbonyl (C=O) groups excluding carboxylic acids is 1. The fraction of sp³-hybridized carbons (Fsp3) is 0.750. The molecular formula is C8H14N4O. The summed E-state index contributed by atoms with van der Waals surface area (Å²) < 4.78 is 0. The molecule has 1 amide bonds. The summed E-state index contributed by atoms with van der Waals surface area (Å²) in [7, 11) is 1.79. The van der Waals surface area contributed by atoms with Crippen molar-refractivity contribution in [3.63, 3.8) is 0 Å². The molecule has 0 radical (unpaired) electrons. The SMILES string of the molecule is CN1C(=O)CN=C1N1CCNCC1. The number of hydrogen-bond acceptors (Lipinski definition) is 4. The first-order chi connectivity index (χ1) is 6.29. The van der Waals surface area contributed by atoms with Gasteiger partial charge in [-0.1, -0.05) is 0 Å². The standard InChI is InChI=1S/C8H14N4O/c1-11-7(13)6-10-8(11)12-4-2-9-3-5-12/h9H,2-6H2,1H3. The van der Waals surface area contributed by atoms with Crippen LogP contribution in [0.25, 0.3) is 0 Å². The lowest BCUT2D eigenvalue weighted by atomic mass is 10.4. The van der Waals surface area contributed by atoms with Gasteiger partial charge >= 0.3 is 0 Å². The van der Waals surface area contributed by atoms with Crippen LogP contribution in [0.1, 0.15) is 0 Å². The lowest BCUT2D eigenvalue weighted by Crippen LogP contribution is -2.50. The summed E-state index contributed by atoms with van der Waals surface area (Å²) in [5.41, 5.74) is 0. The van der Waals surface area contributed by atoms with Gasteiger partial charge in [0.2, 0.25) is 5.96 Å². The van der Waals surface area contributed by atoms with Gasteiger partial charge in [-0.25, -0.2) is 4.99 Å². The number of aliphatic imine (C=N–C) groups is 1. The summed E-state index contributed by atoms with van der Waals surface area (Å²) in [4.78, 5) is 19.2. The minimum absolute atomic E-state index is 0.0912. The number of amides is 1. The maximum absolute atomic E-state index is 11.2. The molecule has 72 valence electrons. The van der Waals surface area contributed by atoms with Gasteiger partial charge in [0.25, 0.3) is 5.91 Å². The van der Waals surface area contributed by atoms with E-state index in [1.807, 2.05) is 0 Å². The first kappa shape index (κ1) is 8.50. The van der Waals surface area contributed by atoms with Crippen LogP contribution < -0.4 is 5.32 Å². The number of carbonyl (C=O) groups is 1. The van der Waals surface area contributed by atoms with E-state index in [-0.39, 0.29) is 5.91 Å². The Morgan fingerprint density at radius 3 is 2.62 bits per heavy atom. The molecule has 5 nitrogen and oxygen atoms in total. The Morgan fingerprint density at radius 2 is 2.08 bits per heavy atom. The topological polar surface area (TPSA) is 47.9 Å². The highest BCUT2D eigenvalue weighted by Gasteiger charge is 2.26. The Hall–Kier alpha value is -1.10. The summed E-state index contributed by atoms with van der Waals surface area (Å²) in [6.07, 6.45) is 0. The molecule has 1 saturated heterocycles. The zero-order valence-electron chi connectivity index (χ0n) is 7.79. The molecule has 13 heavy (non-hydrogen) atoms. The fourth-order valence-corrected chi connectivity index (χ4v) is 1.64. The van der Waals surface area contributed by atoms with Crippen molar-refractivity contribution in [2.24, 2.45) is 4.99 Å². The predicted molar refractivity (Wildman–Crippen MR) is 49.5 cm³/mol. The molecule has 2 rings (SSSR count). The molecule has 2 aliphatic heterocycles. The zero-order valence-corrected chi connectivity index (χ0v) is 7.79. The molecule has 0 unspecified atom stereocenters. The van der Waals surface area contributed by atoms with Gasteiger partial charge in [0.05, 0.1) is 0 Å². The van der Waals surface area contributed by atoms with Crippen molar-refractivity contribution in [1.29, 1.82) is 0 Å². The van der Waals surface area contributed by atoms with E-state index in [4.69, 9.17) is 0 Å². The fourth-order valence-electron chi connectivity index (χ4n) is 1.64. The molecule has 0 atom stereocenters. The van der Waals surface area contributed by atoms with Crippen molar-refractivity contribution in [2.75, 3.05) is 39.8 Å². The molecule has 0 saturated carbocycles. The first-order valence-electron chi connectivity index (χ1n) is 4.56. The first-order valence-corrected chi connectivity index (χ1v) is 4.56. The van der Waals surface area contributed by atoms with E-state index >= 15 is 0 Å². The van der Waals surface area contributed by atoms with E-state index in [2.05, 4.69) is 15.2 Å². The normalized spacial score (nSPS) is 23.8. The molecule has 0 spiro atoms. The summed E-state index contributed by atoms with van der Waals surface area (Å²) in [6, 6.07) is 0. The van der Waals surface area contributed by atoms with E-state index in [1.165, 1.54) is 0 Å². The van der Waals surface area contributed by atoms with Gasteiger partial charge in [0.1, 0.15) is 6.54 Å². The molecule has 0 aromatic heterocycles. The van der Waals surface area contributed by atoms with E-state index < -0.39 is 0 Å². The highest BCUT2D eigenvalue weighted by atomic mass is 16.2. The third-order valence-corrected chi connectivity index (χ3v) is 2.43. The van der Waals surface area contributed by atoms with Gasteiger partial charge in [-0.3, -0.25) is 9.69 Å². The second kappa shape index (κ2) is 3.33. The van der Waals surface area contributed by atoms with E-state index in [0.29, 0.717) is 6.54 Å². The number of piperazine rings is 1. The van der Waals surface area contributed by atoms with Crippen molar-refractivity contribution >= 4 is 11.9 Å². The molecule has 1 N–H and O–H groups in total. The summed E-state index contributed by atoms with van der Waals surface area (Å²) >= 11 is 0. The Labute approximate surface area is 77.4 Å². The van der Waals surface area contributed by atoms with Crippen LogP contribution >= 0.6 is 0 Å². The van der Waals surface area contributed by atoms with Gasteiger partial charge in [0.15, 0.2) is 0 Å². The predicted octanol–water partition coefficient (Wildman–Crippen LogP) is -1.28. The molecule has 0 bridgehead atoms. The van der Waals surface area contributed by atoms with E-state index in [1.54, 1.807) is 11.9 Å². The molecule has 2 aliphatic rings. The van der Waals surface area contributed by atoms with Crippen molar-refractivity contribution in [3.05, 3.63) is 0 Å². The smallest absolute Gasteiger partial charge is 0.250 e. The van der Waals surface area contributed by atoms with Crippen LogP contribution in [0.4, 0.5) is 0 Å². The Kier molecular flexibility index (Phi) is 2.18. The van der Waals surface area contributed by atoms with Crippen LogP contribution in [-0.2, 0) is 4.79 Å². The van der Waals surface area contributed by atoms with Crippen molar-refractivity contribution in [3.8, 4) is 0 Å². The van der Waals surface area contributed by atoms with E-state index in [0.717, 1.165) is 32.1 Å². The highest BCUT2D eigenvalue weighted by Crippen LogP contribution is 2.05. The summed E-state index contributed by atoms with van der Waals surface area (Å²) in [5, 5.41) is 3.26. The molecule has 2 heterocycles. The van der Waals surface area contributed by atoms with Crippen molar-refractivity contribution in [2.45, 2.75) is 0 Å². The molecular weight excluding hydrogens is 168 g/mol. The molecule has 0 aliphatic carbocycles. The average Bonchev–Trinajstić information content (AvgIpc) is 2.49. The van der Waals surface area contributed by atoms with Gasteiger partial charge < -0.3 is 10.2 Å². The highest BCUT2D eigenvalue weighted by molar-refractivity contribution is 6.02. The maximum atomic E-state index is 11.2. The van der Waals surface area contributed by atoms with Gasteiger partial charge in [-0.15, -0.1) is 0 Å². The third-order valence-electron chi connectivity index (χ3n) is 2.43. The Morgan fingerprint density at radius 1 is 1.38 bits per heavy atom. The van der Waals surface area contributed by atoms with Gasteiger partial charge in [-0.05, 0) is 0 Å². The lowest BCUT2D eigenvalue weighted by molar-refractivity contribution is -0.124. The second-order valence-corrected chi connectivity index (χ2v) is 3.31. The van der Waals surface area contributed by atoms with Crippen LogP contribution in [0, 0.1) is 0 Å².